The zero-order valence-electron chi connectivity index (χ0n) is 18.0. The van der Waals surface area contributed by atoms with Crippen molar-refractivity contribution in [2.45, 2.75) is 90.6 Å². The summed E-state index contributed by atoms with van der Waals surface area (Å²) in [6, 6.07) is 0. The van der Waals surface area contributed by atoms with E-state index in [9.17, 15) is 19.8 Å². The summed E-state index contributed by atoms with van der Waals surface area (Å²) in [6.07, 6.45) is 5.69. The second kappa shape index (κ2) is 8.54. The van der Waals surface area contributed by atoms with E-state index >= 15 is 0 Å². The van der Waals surface area contributed by atoms with Gasteiger partial charge >= 0.3 is 11.9 Å². The van der Waals surface area contributed by atoms with Gasteiger partial charge in [-0.1, -0.05) is 26.0 Å². The predicted octanol–water partition coefficient (Wildman–Crippen LogP) is 3.00. The Labute approximate surface area is 168 Å². The molecule has 0 aromatic rings. The lowest BCUT2D eigenvalue weighted by molar-refractivity contribution is -0.177. The average molecular weight is 397 g/mol. The Hall–Kier alpha value is -1.40. The lowest BCUT2D eigenvalue weighted by Gasteiger charge is -2.32. The van der Waals surface area contributed by atoms with Gasteiger partial charge in [-0.05, 0) is 65.2 Å². The number of aliphatic hydroxyl groups is 2. The van der Waals surface area contributed by atoms with Gasteiger partial charge in [0.15, 0.2) is 11.2 Å². The highest BCUT2D eigenvalue weighted by Gasteiger charge is 2.55. The first-order valence-electron chi connectivity index (χ1n) is 10.5. The van der Waals surface area contributed by atoms with Crippen LogP contribution in [-0.2, 0) is 19.1 Å². The molecule has 0 heterocycles. The van der Waals surface area contributed by atoms with Crippen LogP contribution in [0.2, 0.25) is 0 Å². The lowest BCUT2D eigenvalue weighted by Crippen LogP contribution is -2.49. The maximum absolute atomic E-state index is 12.6. The van der Waals surface area contributed by atoms with E-state index in [1.54, 1.807) is 39.8 Å². The smallest absolute Gasteiger partial charge is 0.339 e. The van der Waals surface area contributed by atoms with Crippen LogP contribution in [0.25, 0.3) is 0 Å². The van der Waals surface area contributed by atoms with Crippen molar-refractivity contribution in [2.75, 3.05) is 0 Å². The Balaban J connectivity index is 2.22. The van der Waals surface area contributed by atoms with E-state index in [1.165, 1.54) is 0 Å². The third-order valence-corrected chi connectivity index (χ3v) is 6.37. The summed E-state index contributed by atoms with van der Waals surface area (Å²) in [5.74, 6) is -2.46. The minimum atomic E-state index is -1.58. The Kier molecular flexibility index (Phi) is 6.98. The standard InChI is InChI=1S/C22H36O6/c1-13(2)27-19(23)21(25)15(5)7-9-17(21)11-12-18-10-8-16(6)22(18,26)20(24)28-14(3)4/h11-18,25-26H,7-10H2,1-6H3/b12-11+/t15-,16+,17-,18+,21-,22+. The van der Waals surface area contributed by atoms with E-state index in [4.69, 9.17) is 9.47 Å². The maximum atomic E-state index is 12.6. The molecular formula is C22H36O6. The number of ether oxygens (including phenoxy) is 2. The first-order chi connectivity index (χ1) is 12.9. The molecule has 0 spiro atoms. The Morgan fingerprint density at radius 3 is 1.39 bits per heavy atom. The van der Waals surface area contributed by atoms with Gasteiger partial charge in [0, 0.05) is 11.8 Å². The summed E-state index contributed by atoms with van der Waals surface area (Å²) in [6.45, 7) is 10.7. The average Bonchev–Trinajstić information content (AvgIpc) is 3.04. The van der Waals surface area contributed by atoms with Crippen LogP contribution in [0.4, 0.5) is 0 Å². The quantitative estimate of drug-likeness (QED) is 0.530. The van der Waals surface area contributed by atoms with Gasteiger partial charge in [-0.25, -0.2) is 9.59 Å². The Bertz CT molecular complexity index is 560. The van der Waals surface area contributed by atoms with Crippen LogP contribution >= 0.6 is 0 Å². The van der Waals surface area contributed by atoms with Gasteiger partial charge in [0.1, 0.15) is 0 Å². The van der Waals surface area contributed by atoms with Crippen molar-refractivity contribution in [3.05, 3.63) is 12.2 Å². The highest BCUT2D eigenvalue weighted by atomic mass is 16.6. The number of carbonyl (C=O) groups is 2. The summed E-state index contributed by atoms with van der Waals surface area (Å²) < 4.78 is 10.6. The zero-order valence-corrected chi connectivity index (χ0v) is 18.0. The van der Waals surface area contributed by atoms with E-state index in [1.807, 2.05) is 13.8 Å². The molecule has 6 heteroatoms. The molecule has 2 aliphatic rings. The van der Waals surface area contributed by atoms with Crippen LogP contribution in [-0.4, -0.2) is 45.6 Å². The molecule has 0 saturated heterocycles. The molecule has 6 nitrogen and oxygen atoms in total. The first kappa shape index (κ1) is 22.9. The molecule has 160 valence electrons. The van der Waals surface area contributed by atoms with Crippen LogP contribution in [0, 0.1) is 23.7 Å². The summed E-state index contributed by atoms with van der Waals surface area (Å²) >= 11 is 0. The van der Waals surface area contributed by atoms with Gasteiger partial charge in [-0.2, -0.15) is 0 Å². The van der Waals surface area contributed by atoms with Crippen molar-refractivity contribution >= 4 is 11.9 Å². The second-order valence-corrected chi connectivity index (χ2v) is 9.11. The molecule has 2 aliphatic carbocycles. The number of hydrogen-bond donors (Lipinski definition) is 2. The van der Waals surface area contributed by atoms with Crippen molar-refractivity contribution in [1.29, 1.82) is 0 Å². The summed E-state index contributed by atoms with van der Waals surface area (Å²) in [5, 5.41) is 22.3. The maximum Gasteiger partial charge on any atom is 0.339 e. The van der Waals surface area contributed by atoms with Gasteiger partial charge in [-0.3, -0.25) is 0 Å². The van der Waals surface area contributed by atoms with Crippen molar-refractivity contribution in [2.24, 2.45) is 23.7 Å². The number of hydrogen-bond acceptors (Lipinski definition) is 6. The number of esters is 2. The molecule has 2 rings (SSSR count). The van der Waals surface area contributed by atoms with Crippen molar-refractivity contribution in [1.82, 2.24) is 0 Å². The molecule has 2 fully saturated rings. The van der Waals surface area contributed by atoms with Gasteiger partial charge in [0.25, 0.3) is 0 Å². The molecule has 0 aliphatic heterocycles. The Morgan fingerprint density at radius 1 is 0.786 bits per heavy atom. The SMILES string of the molecule is CC(C)OC(=O)[C@@]1(O)[C@H](/C=C/[C@H]2CC[C@@H](C)[C@]2(O)C(=O)OC(C)C)CC[C@@H]1C. The van der Waals surface area contributed by atoms with E-state index in [-0.39, 0.29) is 24.0 Å². The Morgan fingerprint density at radius 2 is 1.11 bits per heavy atom. The number of carbonyl (C=O) groups excluding carboxylic acids is 2. The summed E-state index contributed by atoms with van der Waals surface area (Å²) in [4.78, 5) is 25.1. The highest BCUT2D eigenvalue weighted by Crippen LogP contribution is 2.45. The van der Waals surface area contributed by atoms with Crippen LogP contribution < -0.4 is 0 Å². The topological polar surface area (TPSA) is 93.1 Å². The van der Waals surface area contributed by atoms with Crippen molar-refractivity contribution in [3.8, 4) is 0 Å². The third-order valence-electron chi connectivity index (χ3n) is 6.37. The molecule has 0 bridgehead atoms. The van der Waals surface area contributed by atoms with Crippen LogP contribution in [0.3, 0.4) is 0 Å². The second-order valence-electron chi connectivity index (χ2n) is 9.11. The zero-order chi connectivity index (χ0) is 21.3. The van der Waals surface area contributed by atoms with Crippen LogP contribution in [0.1, 0.15) is 67.2 Å². The fourth-order valence-corrected chi connectivity index (χ4v) is 4.55. The third kappa shape index (κ3) is 4.13. The summed E-state index contributed by atoms with van der Waals surface area (Å²) in [5.41, 5.74) is -3.16. The molecule has 2 saturated carbocycles. The van der Waals surface area contributed by atoms with Gasteiger partial charge in [0.05, 0.1) is 12.2 Å². The van der Waals surface area contributed by atoms with Crippen molar-refractivity contribution < 1.29 is 29.3 Å². The minimum absolute atomic E-state index is 0.222. The fraction of sp³-hybridized carbons (Fsp3) is 0.818. The van der Waals surface area contributed by atoms with Gasteiger partial charge < -0.3 is 19.7 Å². The molecule has 0 aromatic heterocycles. The predicted molar refractivity (Wildman–Crippen MR) is 105 cm³/mol. The van der Waals surface area contributed by atoms with Gasteiger partial charge in [0.2, 0.25) is 0 Å². The largest absolute Gasteiger partial charge is 0.461 e. The lowest BCUT2D eigenvalue weighted by atomic mass is 9.81. The molecule has 0 radical (unpaired) electrons. The molecular weight excluding hydrogens is 360 g/mol. The van der Waals surface area contributed by atoms with E-state index < -0.39 is 35.0 Å². The first-order valence-corrected chi connectivity index (χ1v) is 10.5. The fourth-order valence-electron chi connectivity index (χ4n) is 4.55. The normalized spacial score (nSPS) is 38.5. The molecule has 0 amide bonds. The van der Waals surface area contributed by atoms with E-state index in [0.717, 1.165) is 0 Å². The van der Waals surface area contributed by atoms with E-state index in [0.29, 0.717) is 25.7 Å². The van der Waals surface area contributed by atoms with Gasteiger partial charge in [-0.15, -0.1) is 0 Å². The van der Waals surface area contributed by atoms with Crippen LogP contribution in [0.5, 0.6) is 0 Å². The molecule has 28 heavy (non-hydrogen) atoms. The number of rotatable bonds is 6. The van der Waals surface area contributed by atoms with Crippen LogP contribution in [0.15, 0.2) is 12.2 Å². The molecule has 2 N–H and O–H groups in total. The summed E-state index contributed by atoms with van der Waals surface area (Å²) in [7, 11) is 0. The molecule has 0 unspecified atom stereocenters. The van der Waals surface area contributed by atoms with Crippen molar-refractivity contribution in [3.63, 3.8) is 0 Å². The minimum Gasteiger partial charge on any atom is -0.461 e. The molecule has 0 aromatic carbocycles. The highest BCUT2D eigenvalue weighted by molar-refractivity contribution is 5.82. The monoisotopic (exact) mass is 396 g/mol. The van der Waals surface area contributed by atoms with E-state index in [2.05, 4.69) is 0 Å². The molecule has 6 atom stereocenters.